The third kappa shape index (κ3) is 2.87. The van der Waals surface area contributed by atoms with Gasteiger partial charge in [0, 0.05) is 37.5 Å². The summed E-state index contributed by atoms with van der Waals surface area (Å²) in [4.78, 5) is 37.7. The van der Waals surface area contributed by atoms with Crippen molar-refractivity contribution in [3.63, 3.8) is 0 Å². The highest BCUT2D eigenvalue weighted by Crippen LogP contribution is 2.49. The molecule has 0 spiro atoms. The second kappa shape index (κ2) is 6.32. The Bertz CT molecular complexity index is 675. The number of methoxy groups -OCH3 is 1. The Hall–Kier alpha value is -2.11. The normalized spacial score (nSPS) is 38.2. The molecule has 1 aliphatic heterocycles. The van der Waals surface area contributed by atoms with Crippen LogP contribution < -0.4 is 0 Å². The monoisotopic (exact) mass is 348 g/mol. The molecule has 1 N–H and O–H groups in total. The first-order valence-electron chi connectivity index (χ1n) is 8.72. The zero-order valence-electron chi connectivity index (χ0n) is 14.8. The minimum absolute atomic E-state index is 0.0273. The Morgan fingerprint density at radius 3 is 2.64 bits per heavy atom. The highest BCUT2D eigenvalue weighted by molar-refractivity contribution is 5.97. The summed E-state index contributed by atoms with van der Waals surface area (Å²) in [5.74, 6) is -2.40. The van der Waals surface area contributed by atoms with Crippen LogP contribution in [0.5, 0.6) is 0 Å². The number of ketones is 1. The number of carbonyl (C=O) groups excluding carboxylic acids is 3. The maximum absolute atomic E-state index is 12.7. The van der Waals surface area contributed by atoms with E-state index < -0.39 is 29.4 Å². The molecular formula is C19H24O6. The number of aliphatic hydroxyl groups excluding tert-OH is 1. The van der Waals surface area contributed by atoms with Crippen molar-refractivity contribution in [2.24, 2.45) is 23.7 Å². The lowest BCUT2D eigenvalue weighted by molar-refractivity contribution is -0.195. The number of hydrogen-bond acceptors (Lipinski definition) is 6. The number of hydrogen-bond donors (Lipinski definition) is 1. The van der Waals surface area contributed by atoms with E-state index in [2.05, 4.69) is 0 Å². The zero-order valence-corrected chi connectivity index (χ0v) is 14.8. The van der Waals surface area contributed by atoms with Gasteiger partial charge in [-0.15, -0.1) is 0 Å². The van der Waals surface area contributed by atoms with E-state index in [1.165, 1.54) is 7.11 Å². The van der Waals surface area contributed by atoms with Crippen molar-refractivity contribution >= 4 is 17.7 Å². The van der Waals surface area contributed by atoms with Crippen LogP contribution in [0.25, 0.3) is 0 Å². The molecule has 3 rings (SSSR count). The van der Waals surface area contributed by atoms with E-state index in [0.717, 1.165) is 0 Å². The summed E-state index contributed by atoms with van der Waals surface area (Å²) < 4.78 is 10.6. The maximum Gasteiger partial charge on any atom is 0.351 e. The van der Waals surface area contributed by atoms with Gasteiger partial charge < -0.3 is 14.6 Å². The van der Waals surface area contributed by atoms with E-state index in [-0.39, 0.29) is 41.8 Å². The van der Waals surface area contributed by atoms with Gasteiger partial charge in [-0.2, -0.15) is 0 Å². The molecule has 0 aromatic heterocycles. The van der Waals surface area contributed by atoms with Crippen LogP contribution in [0.1, 0.15) is 39.5 Å². The average molecular weight is 348 g/mol. The molecule has 5 atom stereocenters. The molecule has 136 valence electrons. The molecule has 1 heterocycles. The molecule has 0 unspecified atom stereocenters. The van der Waals surface area contributed by atoms with Crippen molar-refractivity contribution < 1.29 is 29.0 Å². The Morgan fingerprint density at radius 1 is 1.24 bits per heavy atom. The molecule has 1 fully saturated rings. The van der Waals surface area contributed by atoms with Crippen LogP contribution in [0.4, 0.5) is 0 Å². The Labute approximate surface area is 146 Å². The minimum Gasteiger partial charge on any atom is -0.512 e. The minimum atomic E-state index is -1.43. The lowest BCUT2D eigenvalue weighted by Gasteiger charge is -2.47. The van der Waals surface area contributed by atoms with Gasteiger partial charge in [-0.3, -0.25) is 4.79 Å². The van der Waals surface area contributed by atoms with Crippen LogP contribution in [0.15, 0.2) is 23.5 Å². The smallest absolute Gasteiger partial charge is 0.351 e. The van der Waals surface area contributed by atoms with Gasteiger partial charge >= 0.3 is 11.9 Å². The Balaban J connectivity index is 2.14. The number of esters is 2. The molecule has 0 radical (unpaired) electrons. The van der Waals surface area contributed by atoms with E-state index in [4.69, 9.17) is 9.47 Å². The Morgan fingerprint density at radius 2 is 1.96 bits per heavy atom. The second-order valence-electron chi connectivity index (χ2n) is 7.59. The van der Waals surface area contributed by atoms with Crippen molar-refractivity contribution in [1.82, 2.24) is 0 Å². The summed E-state index contributed by atoms with van der Waals surface area (Å²) in [6.07, 6.45) is 4.83. The predicted octanol–water partition coefficient (Wildman–Crippen LogP) is 2.48. The lowest BCUT2D eigenvalue weighted by Crippen LogP contribution is -2.59. The predicted molar refractivity (Wildman–Crippen MR) is 88.4 cm³/mol. The summed E-state index contributed by atoms with van der Waals surface area (Å²) >= 11 is 0. The first-order chi connectivity index (χ1) is 11.8. The number of Topliss-reactive ketones (excluding diaryl/α,β-unsaturated/α-hetero) is 1. The average Bonchev–Trinajstić information content (AvgIpc) is 2.51. The molecule has 0 aromatic rings. The van der Waals surface area contributed by atoms with E-state index in [0.29, 0.717) is 12.8 Å². The molecule has 0 amide bonds. The van der Waals surface area contributed by atoms with Crippen LogP contribution in [0, 0.1) is 23.7 Å². The van der Waals surface area contributed by atoms with Gasteiger partial charge in [-0.25, -0.2) is 9.59 Å². The molecular weight excluding hydrogens is 324 g/mol. The van der Waals surface area contributed by atoms with E-state index in [9.17, 15) is 19.5 Å². The third-order valence-corrected chi connectivity index (χ3v) is 5.52. The van der Waals surface area contributed by atoms with Gasteiger partial charge in [0.1, 0.15) is 11.5 Å². The van der Waals surface area contributed by atoms with E-state index in [1.54, 1.807) is 0 Å². The molecule has 6 heteroatoms. The summed E-state index contributed by atoms with van der Waals surface area (Å²) in [6, 6.07) is 0. The topological polar surface area (TPSA) is 89.9 Å². The summed E-state index contributed by atoms with van der Waals surface area (Å²) in [5.41, 5.74) is -1.29. The van der Waals surface area contributed by atoms with Crippen molar-refractivity contribution in [1.29, 1.82) is 0 Å². The summed E-state index contributed by atoms with van der Waals surface area (Å²) in [5, 5.41) is 10.5. The van der Waals surface area contributed by atoms with Crippen LogP contribution >= 0.6 is 0 Å². The van der Waals surface area contributed by atoms with Crippen LogP contribution in [0.2, 0.25) is 0 Å². The fourth-order valence-corrected chi connectivity index (χ4v) is 4.49. The van der Waals surface area contributed by atoms with E-state index in [1.807, 2.05) is 26.0 Å². The molecule has 6 nitrogen and oxygen atoms in total. The molecule has 0 bridgehead atoms. The van der Waals surface area contributed by atoms with Gasteiger partial charge in [-0.1, -0.05) is 26.0 Å². The van der Waals surface area contributed by atoms with Crippen LogP contribution in [0.3, 0.4) is 0 Å². The fourth-order valence-electron chi connectivity index (χ4n) is 4.49. The quantitative estimate of drug-likeness (QED) is 0.578. The van der Waals surface area contributed by atoms with Crippen molar-refractivity contribution in [2.45, 2.75) is 45.1 Å². The molecule has 0 aromatic carbocycles. The number of carbonyl (C=O) groups is 3. The molecule has 0 saturated carbocycles. The molecule has 25 heavy (non-hydrogen) atoms. The number of fused-ring (bicyclic) bond motifs is 3. The lowest BCUT2D eigenvalue weighted by atomic mass is 9.64. The summed E-state index contributed by atoms with van der Waals surface area (Å²) in [6.45, 7) is 3.79. The highest BCUT2D eigenvalue weighted by Gasteiger charge is 2.60. The number of aliphatic hydroxyl groups is 1. The first-order valence-corrected chi connectivity index (χ1v) is 8.72. The SMILES string of the molecule is COC(=O)[C@@]12C[C@@H](C)C=C[C@H]1[C@@H]1CC(=O)C[C@H](C)CC(O)=C1C(=O)O2. The van der Waals surface area contributed by atoms with Crippen LogP contribution in [-0.4, -0.2) is 35.5 Å². The maximum atomic E-state index is 12.7. The van der Waals surface area contributed by atoms with Gasteiger partial charge in [0.25, 0.3) is 0 Å². The van der Waals surface area contributed by atoms with Crippen molar-refractivity contribution in [3.8, 4) is 0 Å². The zero-order chi connectivity index (χ0) is 18.4. The largest absolute Gasteiger partial charge is 0.512 e. The standard InChI is InChI=1S/C19H24O6/c1-10-4-5-14-13-8-12(20)6-11(2)7-15(21)16(13)17(22)25-19(14,9-10)18(23)24-3/h4-5,10-11,13-14,21H,6-9H2,1-3H3/t10-,11-,13-,14-,19+/m0/s1. The van der Waals surface area contributed by atoms with Crippen molar-refractivity contribution in [3.05, 3.63) is 23.5 Å². The van der Waals surface area contributed by atoms with Gasteiger partial charge in [0.05, 0.1) is 12.7 Å². The van der Waals surface area contributed by atoms with Crippen molar-refractivity contribution in [2.75, 3.05) is 7.11 Å². The Kier molecular flexibility index (Phi) is 4.47. The summed E-state index contributed by atoms with van der Waals surface area (Å²) in [7, 11) is 1.26. The molecule has 1 saturated heterocycles. The number of allylic oxidation sites excluding steroid dienone is 2. The number of ether oxygens (including phenoxy) is 2. The van der Waals surface area contributed by atoms with E-state index >= 15 is 0 Å². The van der Waals surface area contributed by atoms with Gasteiger partial charge in [0.2, 0.25) is 5.60 Å². The third-order valence-electron chi connectivity index (χ3n) is 5.52. The first kappa shape index (κ1) is 17.7. The second-order valence-corrected chi connectivity index (χ2v) is 7.59. The van der Waals surface area contributed by atoms with Crippen LogP contribution in [-0.2, 0) is 23.9 Å². The molecule has 2 aliphatic carbocycles. The number of rotatable bonds is 1. The van der Waals surface area contributed by atoms with Gasteiger partial charge in [-0.05, 0) is 11.8 Å². The molecule has 3 aliphatic rings. The fraction of sp³-hybridized carbons (Fsp3) is 0.632. The highest BCUT2D eigenvalue weighted by atomic mass is 16.6. The van der Waals surface area contributed by atoms with Gasteiger partial charge in [0.15, 0.2) is 0 Å².